The van der Waals surface area contributed by atoms with Crippen LogP contribution in [0.1, 0.15) is 77.3 Å². The molecule has 2 fully saturated rings. The topological polar surface area (TPSA) is 9.23 Å². The summed E-state index contributed by atoms with van der Waals surface area (Å²) in [6.07, 6.45) is 8.87. The summed E-state index contributed by atoms with van der Waals surface area (Å²) in [4.78, 5) is 0. The maximum atomic E-state index is 5.08. The van der Waals surface area contributed by atoms with Crippen molar-refractivity contribution >= 4 is 0 Å². The number of methoxy groups -OCH3 is 1. The molecule has 2 aliphatic rings. The predicted molar refractivity (Wildman–Crippen MR) is 105 cm³/mol. The molecule has 3 unspecified atom stereocenters. The first-order chi connectivity index (χ1) is 11.2. The standard InChI is InChI=1S/C14H26.C9H12O/c1-11-6-7-12-13(2,3)8-5-9-14(12,4)10-11;1-7-4-8(2)6-9(5-7)10-3/h11-12H,5-10H2,1-4H3;4-6H,1-3H3. The summed E-state index contributed by atoms with van der Waals surface area (Å²) in [7, 11) is 1.69. The molecule has 1 nitrogen and oxygen atoms in total. The van der Waals surface area contributed by atoms with Crippen LogP contribution in [-0.4, -0.2) is 7.11 Å². The number of rotatable bonds is 1. The summed E-state index contributed by atoms with van der Waals surface area (Å²) in [5, 5.41) is 0. The first-order valence-electron chi connectivity index (χ1n) is 9.78. The Balaban J connectivity index is 0.000000185. The smallest absolute Gasteiger partial charge is 0.119 e. The Morgan fingerprint density at radius 3 is 2.17 bits per heavy atom. The van der Waals surface area contributed by atoms with Crippen molar-refractivity contribution in [2.24, 2.45) is 22.7 Å². The second kappa shape index (κ2) is 7.50. The van der Waals surface area contributed by atoms with Crippen molar-refractivity contribution in [3.8, 4) is 5.75 Å². The van der Waals surface area contributed by atoms with Crippen LogP contribution in [0.15, 0.2) is 18.2 Å². The molecule has 0 aliphatic heterocycles. The van der Waals surface area contributed by atoms with Gasteiger partial charge in [0.15, 0.2) is 0 Å². The molecule has 2 saturated carbocycles. The van der Waals surface area contributed by atoms with Gasteiger partial charge in [0.25, 0.3) is 0 Å². The molecule has 1 aromatic carbocycles. The second-order valence-electron chi connectivity index (χ2n) is 9.46. The van der Waals surface area contributed by atoms with Gasteiger partial charge in [-0.3, -0.25) is 0 Å². The van der Waals surface area contributed by atoms with E-state index in [9.17, 15) is 0 Å². The van der Waals surface area contributed by atoms with Gasteiger partial charge in [-0.2, -0.15) is 0 Å². The van der Waals surface area contributed by atoms with E-state index in [0.717, 1.165) is 17.6 Å². The molecule has 2 aliphatic carbocycles. The molecule has 0 N–H and O–H groups in total. The molecule has 1 aromatic rings. The number of hydrogen-bond donors (Lipinski definition) is 0. The van der Waals surface area contributed by atoms with Crippen molar-refractivity contribution < 1.29 is 4.74 Å². The zero-order valence-electron chi connectivity index (χ0n) is 17.0. The minimum absolute atomic E-state index is 0.618. The summed E-state index contributed by atoms with van der Waals surface area (Å²) >= 11 is 0. The van der Waals surface area contributed by atoms with E-state index in [1.54, 1.807) is 7.11 Å². The van der Waals surface area contributed by atoms with Gasteiger partial charge < -0.3 is 4.74 Å². The van der Waals surface area contributed by atoms with Gasteiger partial charge in [0.2, 0.25) is 0 Å². The fourth-order valence-corrected chi connectivity index (χ4v) is 5.62. The monoisotopic (exact) mass is 330 g/mol. The van der Waals surface area contributed by atoms with Crippen LogP contribution in [-0.2, 0) is 0 Å². The van der Waals surface area contributed by atoms with Crippen LogP contribution in [0.3, 0.4) is 0 Å². The summed E-state index contributed by atoms with van der Waals surface area (Å²) in [6.45, 7) is 14.2. The fraction of sp³-hybridized carbons (Fsp3) is 0.739. The Hall–Kier alpha value is -0.980. The Bertz CT molecular complexity index is 525. The lowest BCUT2D eigenvalue weighted by Gasteiger charge is -2.55. The number of aryl methyl sites for hydroxylation is 2. The third-order valence-electron chi connectivity index (χ3n) is 6.55. The van der Waals surface area contributed by atoms with E-state index in [1.165, 1.54) is 49.7 Å². The lowest BCUT2D eigenvalue weighted by molar-refractivity contribution is -0.0468. The number of ether oxygens (including phenoxy) is 1. The molecule has 0 radical (unpaired) electrons. The second-order valence-corrected chi connectivity index (χ2v) is 9.46. The normalized spacial score (nSPS) is 31.5. The van der Waals surface area contributed by atoms with E-state index in [0.29, 0.717) is 10.8 Å². The minimum atomic E-state index is 0.618. The van der Waals surface area contributed by atoms with Crippen LogP contribution in [0.5, 0.6) is 5.75 Å². The van der Waals surface area contributed by atoms with Crippen molar-refractivity contribution in [1.82, 2.24) is 0 Å². The van der Waals surface area contributed by atoms with Crippen molar-refractivity contribution in [2.45, 2.75) is 80.1 Å². The third kappa shape index (κ3) is 4.55. The number of benzene rings is 1. The molecule has 0 saturated heterocycles. The van der Waals surface area contributed by atoms with Crippen LogP contribution < -0.4 is 4.74 Å². The Morgan fingerprint density at radius 2 is 1.58 bits per heavy atom. The van der Waals surface area contributed by atoms with Gasteiger partial charge in [-0.1, -0.05) is 46.6 Å². The molecular formula is C23H38O. The Labute approximate surface area is 150 Å². The highest BCUT2D eigenvalue weighted by molar-refractivity contribution is 5.32. The molecule has 0 bridgehead atoms. The van der Waals surface area contributed by atoms with Gasteiger partial charge in [0.05, 0.1) is 7.11 Å². The average Bonchev–Trinajstić information content (AvgIpc) is 2.45. The maximum Gasteiger partial charge on any atom is 0.119 e. The Morgan fingerprint density at radius 1 is 0.958 bits per heavy atom. The lowest BCUT2D eigenvalue weighted by Crippen LogP contribution is -2.45. The number of fused-ring (bicyclic) bond motifs is 1. The molecule has 3 atom stereocenters. The van der Waals surface area contributed by atoms with Gasteiger partial charge in [-0.25, -0.2) is 0 Å². The van der Waals surface area contributed by atoms with E-state index in [1.807, 2.05) is 12.1 Å². The molecule has 0 amide bonds. The minimum Gasteiger partial charge on any atom is -0.497 e. The molecule has 3 rings (SSSR count). The highest BCUT2D eigenvalue weighted by atomic mass is 16.5. The molecule has 0 heterocycles. The molecule has 1 heteroatoms. The molecule has 0 aromatic heterocycles. The van der Waals surface area contributed by atoms with E-state index in [-0.39, 0.29) is 0 Å². The van der Waals surface area contributed by atoms with E-state index < -0.39 is 0 Å². The molecule has 0 spiro atoms. The van der Waals surface area contributed by atoms with Gasteiger partial charge in [-0.15, -0.1) is 0 Å². The Kier molecular flexibility index (Phi) is 6.04. The molecule has 136 valence electrons. The quantitative estimate of drug-likeness (QED) is 0.541. The summed E-state index contributed by atoms with van der Waals surface area (Å²) in [5.74, 6) is 2.92. The van der Waals surface area contributed by atoms with Crippen LogP contribution in [0.2, 0.25) is 0 Å². The van der Waals surface area contributed by atoms with Crippen LogP contribution in [0, 0.1) is 36.5 Å². The first-order valence-corrected chi connectivity index (χ1v) is 9.78. The van der Waals surface area contributed by atoms with Crippen LogP contribution in [0.25, 0.3) is 0 Å². The van der Waals surface area contributed by atoms with Crippen molar-refractivity contribution in [2.75, 3.05) is 7.11 Å². The largest absolute Gasteiger partial charge is 0.497 e. The van der Waals surface area contributed by atoms with Crippen LogP contribution in [0.4, 0.5) is 0 Å². The van der Waals surface area contributed by atoms with E-state index in [4.69, 9.17) is 4.74 Å². The van der Waals surface area contributed by atoms with Gasteiger partial charge in [-0.05, 0) is 85.5 Å². The van der Waals surface area contributed by atoms with Gasteiger partial charge in [0.1, 0.15) is 5.75 Å². The maximum absolute atomic E-state index is 5.08. The SMILES string of the molecule is CC1CCC2C(C)(C)CCCC2(C)C1.COc1cc(C)cc(C)c1. The zero-order valence-corrected chi connectivity index (χ0v) is 17.0. The van der Waals surface area contributed by atoms with Crippen molar-refractivity contribution in [3.05, 3.63) is 29.3 Å². The third-order valence-corrected chi connectivity index (χ3v) is 6.55. The number of hydrogen-bond acceptors (Lipinski definition) is 1. The fourth-order valence-electron chi connectivity index (χ4n) is 5.62. The van der Waals surface area contributed by atoms with Gasteiger partial charge in [0, 0.05) is 0 Å². The van der Waals surface area contributed by atoms with E-state index >= 15 is 0 Å². The summed E-state index contributed by atoms with van der Waals surface area (Å²) < 4.78 is 5.08. The highest BCUT2D eigenvalue weighted by Gasteiger charge is 2.48. The van der Waals surface area contributed by atoms with E-state index in [2.05, 4.69) is 47.6 Å². The molecule has 24 heavy (non-hydrogen) atoms. The van der Waals surface area contributed by atoms with Gasteiger partial charge >= 0.3 is 0 Å². The predicted octanol–water partition coefficient (Wildman–Crippen LogP) is 6.95. The highest BCUT2D eigenvalue weighted by Crippen LogP contribution is 2.58. The lowest BCUT2D eigenvalue weighted by atomic mass is 9.50. The first kappa shape index (κ1) is 19.3. The van der Waals surface area contributed by atoms with Crippen LogP contribution >= 0.6 is 0 Å². The van der Waals surface area contributed by atoms with Crippen molar-refractivity contribution in [3.63, 3.8) is 0 Å². The van der Waals surface area contributed by atoms with Crippen molar-refractivity contribution in [1.29, 1.82) is 0 Å². The summed E-state index contributed by atoms with van der Waals surface area (Å²) in [6, 6.07) is 6.17. The summed E-state index contributed by atoms with van der Waals surface area (Å²) in [5.41, 5.74) is 3.79. The average molecular weight is 331 g/mol. The zero-order chi connectivity index (χ0) is 18.0. The molecular weight excluding hydrogens is 292 g/mol.